The van der Waals surface area contributed by atoms with Crippen LogP contribution in [0.25, 0.3) is 0 Å². The van der Waals surface area contributed by atoms with Gasteiger partial charge in [0.05, 0.1) is 0 Å². The van der Waals surface area contributed by atoms with Gasteiger partial charge in [-0.05, 0) is 31.0 Å². The van der Waals surface area contributed by atoms with Gasteiger partial charge in [-0.2, -0.15) is 0 Å². The van der Waals surface area contributed by atoms with E-state index in [9.17, 15) is 4.79 Å². The maximum atomic E-state index is 11.6. The standard InChI is InChI=1S/C11H12ClNO2/c12-8-3-1-4-9(7-8)13-11(14)10-5-2-6-15-10/h1,3-4,7,10H,2,5-6H2,(H,13,14). The maximum absolute atomic E-state index is 11.6. The largest absolute Gasteiger partial charge is 0.368 e. The first-order valence-electron chi connectivity index (χ1n) is 4.94. The van der Waals surface area contributed by atoms with Crippen molar-refractivity contribution in [3.63, 3.8) is 0 Å². The van der Waals surface area contributed by atoms with Gasteiger partial charge < -0.3 is 10.1 Å². The van der Waals surface area contributed by atoms with Gasteiger partial charge in [0.1, 0.15) is 6.10 Å². The van der Waals surface area contributed by atoms with Crippen LogP contribution in [0.3, 0.4) is 0 Å². The summed E-state index contributed by atoms with van der Waals surface area (Å²) in [6.45, 7) is 0.674. The van der Waals surface area contributed by atoms with Crippen molar-refractivity contribution in [3.05, 3.63) is 29.3 Å². The van der Waals surface area contributed by atoms with E-state index in [2.05, 4.69) is 5.32 Å². The molecule has 4 heteroatoms. The van der Waals surface area contributed by atoms with Crippen LogP contribution in [-0.2, 0) is 9.53 Å². The van der Waals surface area contributed by atoms with Gasteiger partial charge in [0, 0.05) is 17.3 Å². The Kier molecular flexibility index (Phi) is 3.23. The van der Waals surface area contributed by atoms with Crippen LogP contribution in [-0.4, -0.2) is 18.6 Å². The number of carbonyl (C=O) groups excluding carboxylic acids is 1. The number of carbonyl (C=O) groups is 1. The summed E-state index contributed by atoms with van der Waals surface area (Å²) >= 11 is 5.81. The van der Waals surface area contributed by atoms with Gasteiger partial charge in [-0.25, -0.2) is 0 Å². The normalized spacial score (nSPS) is 20.2. The molecule has 1 unspecified atom stereocenters. The lowest BCUT2D eigenvalue weighted by atomic mass is 10.2. The summed E-state index contributed by atoms with van der Waals surface area (Å²) < 4.78 is 5.27. The molecule has 1 atom stereocenters. The van der Waals surface area contributed by atoms with Gasteiger partial charge in [-0.1, -0.05) is 17.7 Å². The fourth-order valence-corrected chi connectivity index (χ4v) is 1.76. The van der Waals surface area contributed by atoms with Crippen LogP contribution in [0.1, 0.15) is 12.8 Å². The molecule has 3 nitrogen and oxygen atoms in total. The monoisotopic (exact) mass is 225 g/mol. The van der Waals surface area contributed by atoms with Gasteiger partial charge in [0.15, 0.2) is 0 Å². The highest BCUT2D eigenvalue weighted by Gasteiger charge is 2.23. The average Bonchev–Trinajstić information content (AvgIpc) is 2.70. The molecule has 0 aliphatic carbocycles. The molecule has 0 spiro atoms. The van der Waals surface area contributed by atoms with Crippen molar-refractivity contribution in [3.8, 4) is 0 Å². The van der Waals surface area contributed by atoms with E-state index in [0.29, 0.717) is 17.3 Å². The zero-order valence-electron chi connectivity index (χ0n) is 8.20. The van der Waals surface area contributed by atoms with Gasteiger partial charge >= 0.3 is 0 Å². The number of anilines is 1. The number of hydrogen-bond donors (Lipinski definition) is 1. The molecule has 1 aromatic carbocycles. The minimum atomic E-state index is -0.302. The molecule has 1 aromatic rings. The molecule has 0 radical (unpaired) electrons. The quantitative estimate of drug-likeness (QED) is 0.840. The van der Waals surface area contributed by atoms with Crippen LogP contribution in [0.15, 0.2) is 24.3 Å². The third-order valence-electron chi connectivity index (χ3n) is 2.31. The Bertz CT molecular complexity index is 361. The van der Waals surface area contributed by atoms with E-state index in [1.165, 1.54) is 0 Å². The average molecular weight is 226 g/mol. The number of ether oxygens (including phenoxy) is 1. The van der Waals surface area contributed by atoms with Crippen LogP contribution in [0.4, 0.5) is 5.69 Å². The van der Waals surface area contributed by atoms with E-state index < -0.39 is 0 Å². The molecule has 1 saturated heterocycles. The van der Waals surface area contributed by atoms with E-state index in [1.54, 1.807) is 24.3 Å². The van der Waals surface area contributed by atoms with Crippen LogP contribution in [0.2, 0.25) is 5.02 Å². The second-order valence-corrected chi connectivity index (χ2v) is 3.94. The number of nitrogens with one attached hydrogen (secondary N) is 1. The summed E-state index contributed by atoms with van der Waals surface area (Å²) in [6.07, 6.45) is 1.45. The van der Waals surface area contributed by atoms with Crippen molar-refractivity contribution in [2.75, 3.05) is 11.9 Å². The topological polar surface area (TPSA) is 38.3 Å². The van der Waals surface area contributed by atoms with E-state index in [4.69, 9.17) is 16.3 Å². The van der Waals surface area contributed by atoms with E-state index in [0.717, 1.165) is 12.8 Å². The maximum Gasteiger partial charge on any atom is 0.253 e. The summed E-state index contributed by atoms with van der Waals surface area (Å²) in [7, 11) is 0. The second kappa shape index (κ2) is 4.64. The van der Waals surface area contributed by atoms with Crippen LogP contribution in [0, 0.1) is 0 Å². The van der Waals surface area contributed by atoms with Crippen LogP contribution < -0.4 is 5.32 Å². The predicted octanol–water partition coefficient (Wildman–Crippen LogP) is 2.46. The molecular weight excluding hydrogens is 214 g/mol. The Morgan fingerprint density at radius 2 is 2.40 bits per heavy atom. The second-order valence-electron chi connectivity index (χ2n) is 3.50. The lowest BCUT2D eigenvalue weighted by molar-refractivity contribution is -0.124. The molecule has 1 amide bonds. The van der Waals surface area contributed by atoms with Crippen molar-refractivity contribution >= 4 is 23.2 Å². The van der Waals surface area contributed by atoms with Gasteiger partial charge in [0.25, 0.3) is 5.91 Å². The highest BCUT2D eigenvalue weighted by Crippen LogP contribution is 2.17. The lowest BCUT2D eigenvalue weighted by Crippen LogP contribution is -2.26. The number of rotatable bonds is 2. The Hall–Kier alpha value is -1.06. The van der Waals surface area contributed by atoms with Crippen LogP contribution >= 0.6 is 11.6 Å². The lowest BCUT2D eigenvalue weighted by Gasteiger charge is -2.10. The first-order valence-corrected chi connectivity index (χ1v) is 5.31. The molecule has 1 N–H and O–H groups in total. The summed E-state index contributed by atoms with van der Waals surface area (Å²) in [5.41, 5.74) is 0.711. The third kappa shape index (κ3) is 2.70. The predicted molar refractivity (Wildman–Crippen MR) is 59.1 cm³/mol. The fourth-order valence-electron chi connectivity index (χ4n) is 1.57. The first kappa shape index (κ1) is 10.5. The zero-order valence-corrected chi connectivity index (χ0v) is 8.96. The highest BCUT2D eigenvalue weighted by molar-refractivity contribution is 6.30. The molecule has 2 rings (SSSR count). The van der Waals surface area contributed by atoms with Crippen molar-refractivity contribution in [2.45, 2.75) is 18.9 Å². The summed E-state index contributed by atoms with van der Waals surface area (Å²) in [4.78, 5) is 11.6. The minimum absolute atomic E-state index is 0.0882. The molecular formula is C11H12ClNO2. The molecule has 1 fully saturated rings. The van der Waals surface area contributed by atoms with Crippen molar-refractivity contribution in [1.29, 1.82) is 0 Å². The minimum Gasteiger partial charge on any atom is -0.368 e. The highest BCUT2D eigenvalue weighted by atomic mass is 35.5. The van der Waals surface area contributed by atoms with E-state index >= 15 is 0 Å². The summed E-state index contributed by atoms with van der Waals surface area (Å²) in [5.74, 6) is -0.0882. The molecule has 15 heavy (non-hydrogen) atoms. The Morgan fingerprint density at radius 1 is 1.53 bits per heavy atom. The molecule has 0 aromatic heterocycles. The molecule has 80 valence electrons. The van der Waals surface area contributed by atoms with Gasteiger partial charge in [-0.3, -0.25) is 4.79 Å². The van der Waals surface area contributed by atoms with Gasteiger partial charge in [-0.15, -0.1) is 0 Å². The SMILES string of the molecule is O=C(Nc1cccc(Cl)c1)C1CCCO1. The van der Waals surface area contributed by atoms with Gasteiger partial charge in [0.2, 0.25) is 0 Å². The number of hydrogen-bond acceptors (Lipinski definition) is 2. The van der Waals surface area contributed by atoms with Crippen molar-refractivity contribution in [2.24, 2.45) is 0 Å². The molecule has 1 heterocycles. The number of halogens is 1. The Morgan fingerprint density at radius 3 is 3.07 bits per heavy atom. The molecule has 0 bridgehead atoms. The summed E-state index contributed by atoms with van der Waals surface area (Å²) in [5, 5.41) is 3.39. The van der Waals surface area contributed by atoms with E-state index in [1.807, 2.05) is 0 Å². The van der Waals surface area contributed by atoms with E-state index in [-0.39, 0.29) is 12.0 Å². The third-order valence-corrected chi connectivity index (χ3v) is 2.55. The Balaban J connectivity index is 1.99. The molecule has 1 aliphatic rings. The zero-order chi connectivity index (χ0) is 10.7. The first-order chi connectivity index (χ1) is 7.25. The smallest absolute Gasteiger partial charge is 0.253 e. The Labute approximate surface area is 93.4 Å². The van der Waals surface area contributed by atoms with Crippen molar-refractivity contribution in [1.82, 2.24) is 0 Å². The van der Waals surface area contributed by atoms with Crippen molar-refractivity contribution < 1.29 is 9.53 Å². The van der Waals surface area contributed by atoms with Crippen LogP contribution in [0.5, 0.6) is 0 Å². The number of benzene rings is 1. The fraction of sp³-hybridized carbons (Fsp3) is 0.364. The number of amides is 1. The summed E-state index contributed by atoms with van der Waals surface area (Å²) in [6, 6.07) is 7.09. The molecule has 0 saturated carbocycles. The molecule has 1 aliphatic heterocycles.